The molecule has 2 heterocycles. The fourth-order valence-corrected chi connectivity index (χ4v) is 2.09. The van der Waals surface area contributed by atoms with Gasteiger partial charge in [-0.3, -0.25) is 0 Å². The summed E-state index contributed by atoms with van der Waals surface area (Å²) < 4.78 is 0. The van der Waals surface area contributed by atoms with Gasteiger partial charge in [0.1, 0.15) is 5.02 Å². The minimum Gasteiger partial charge on any atom is -0.390 e. The maximum atomic E-state index is 9.63. The van der Waals surface area contributed by atoms with E-state index in [2.05, 4.69) is 9.97 Å². The smallest absolute Gasteiger partial charge is 0.222 e. The van der Waals surface area contributed by atoms with Gasteiger partial charge in [0, 0.05) is 13.1 Å². The van der Waals surface area contributed by atoms with Crippen molar-refractivity contribution in [1.82, 2.24) is 9.97 Å². The molecule has 0 radical (unpaired) electrons. The van der Waals surface area contributed by atoms with Gasteiger partial charge in [-0.2, -0.15) is 4.98 Å². The van der Waals surface area contributed by atoms with Crippen LogP contribution >= 0.6 is 11.6 Å². The highest BCUT2D eigenvalue weighted by atomic mass is 35.5. The Bertz CT molecular complexity index is 429. The molecular weight excluding hydrogens is 244 g/mol. The fraction of sp³-hybridized carbons (Fsp3) is 0.600. The summed E-state index contributed by atoms with van der Waals surface area (Å²) in [5, 5.41) is 19.5. The third kappa shape index (κ3) is 2.43. The summed E-state index contributed by atoms with van der Waals surface area (Å²) in [5.74, 6) is 0.671. The second-order valence-electron chi connectivity index (χ2n) is 4.17. The van der Waals surface area contributed by atoms with Crippen molar-refractivity contribution in [1.29, 1.82) is 0 Å². The number of aliphatic hydroxyl groups is 2. The number of hydrogen-bond acceptors (Lipinski definition) is 6. The molecule has 94 valence electrons. The normalized spacial score (nSPS) is 25.1. The van der Waals surface area contributed by atoms with E-state index in [1.165, 1.54) is 0 Å². The van der Waals surface area contributed by atoms with Gasteiger partial charge < -0.3 is 20.8 Å². The number of nitrogens with zero attached hydrogens (tertiary/aromatic N) is 3. The van der Waals surface area contributed by atoms with Gasteiger partial charge in [-0.25, -0.2) is 4.98 Å². The maximum absolute atomic E-state index is 9.63. The number of aliphatic hydroxyl groups excluding tert-OH is 2. The molecule has 0 aliphatic carbocycles. The molecule has 0 bridgehead atoms. The number of aryl methyl sites for hydroxylation is 1. The molecule has 6 nitrogen and oxygen atoms in total. The lowest BCUT2D eigenvalue weighted by Gasteiger charge is -2.34. The molecule has 1 aliphatic heterocycles. The molecule has 0 amide bonds. The third-order valence-corrected chi connectivity index (χ3v) is 3.31. The minimum atomic E-state index is -0.795. The van der Waals surface area contributed by atoms with Crippen LogP contribution in [0.3, 0.4) is 0 Å². The van der Waals surface area contributed by atoms with Crippen LogP contribution in [0.2, 0.25) is 5.02 Å². The largest absolute Gasteiger partial charge is 0.390 e. The molecule has 1 fully saturated rings. The number of β-amino-alcohol motifs (C(OH)–C–C–N with tert-alkyl or cyclic N) is 1. The van der Waals surface area contributed by atoms with Crippen LogP contribution in [-0.2, 0) is 0 Å². The average molecular weight is 259 g/mol. The first-order valence-corrected chi connectivity index (χ1v) is 5.77. The quantitative estimate of drug-likeness (QED) is 0.654. The Morgan fingerprint density at radius 2 is 2.06 bits per heavy atom. The summed E-state index contributed by atoms with van der Waals surface area (Å²) in [6.45, 7) is 2.61. The van der Waals surface area contributed by atoms with Crippen LogP contribution in [0.1, 0.15) is 12.1 Å². The van der Waals surface area contributed by atoms with E-state index in [9.17, 15) is 10.2 Å². The van der Waals surface area contributed by atoms with Gasteiger partial charge in [-0.1, -0.05) is 11.6 Å². The van der Waals surface area contributed by atoms with Gasteiger partial charge in [0.2, 0.25) is 5.95 Å². The first kappa shape index (κ1) is 12.3. The van der Waals surface area contributed by atoms with E-state index >= 15 is 0 Å². The lowest BCUT2D eigenvalue weighted by molar-refractivity contribution is 0.00786. The Kier molecular flexibility index (Phi) is 3.37. The topological polar surface area (TPSA) is 95.5 Å². The first-order valence-electron chi connectivity index (χ1n) is 5.39. The van der Waals surface area contributed by atoms with E-state index in [1.54, 1.807) is 6.92 Å². The lowest BCUT2D eigenvalue weighted by atomic mass is 10.1. The molecule has 0 saturated carbocycles. The van der Waals surface area contributed by atoms with Gasteiger partial charge in [0.15, 0.2) is 5.82 Å². The maximum Gasteiger partial charge on any atom is 0.222 e. The Balaban J connectivity index is 2.28. The predicted octanol–water partition coefficient (Wildman–Crippen LogP) is -0.0475. The van der Waals surface area contributed by atoms with Gasteiger partial charge in [0.05, 0.1) is 17.9 Å². The van der Waals surface area contributed by atoms with Gasteiger partial charge in [-0.15, -0.1) is 0 Å². The van der Waals surface area contributed by atoms with E-state index in [0.29, 0.717) is 29.5 Å². The summed E-state index contributed by atoms with van der Waals surface area (Å²) in [6, 6.07) is 0. The van der Waals surface area contributed by atoms with E-state index in [4.69, 9.17) is 17.3 Å². The van der Waals surface area contributed by atoms with Crippen molar-refractivity contribution in [2.45, 2.75) is 25.6 Å². The molecule has 2 rings (SSSR count). The molecule has 0 unspecified atom stereocenters. The molecule has 1 aromatic rings. The van der Waals surface area contributed by atoms with E-state index in [0.717, 1.165) is 0 Å². The van der Waals surface area contributed by atoms with E-state index in [1.807, 2.05) is 4.90 Å². The van der Waals surface area contributed by atoms with Gasteiger partial charge >= 0.3 is 0 Å². The molecular formula is C10H15ClN4O2. The Morgan fingerprint density at radius 1 is 1.35 bits per heavy atom. The number of aromatic nitrogens is 2. The van der Waals surface area contributed by atoms with Crippen molar-refractivity contribution in [2.24, 2.45) is 0 Å². The number of piperidine rings is 1. The van der Waals surface area contributed by atoms with E-state index in [-0.39, 0.29) is 12.5 Å². The highest BCUT2D eigenvalue weighted by Gasteiger charge is 2.28. The molecule has 1 saturated heterocycles. The molecule has 17 heavy (non-hydrogen) atoms. The minimum absolute atomic E-state index is 0.155. The van der Waals surface area contributed by atoms with Crippen LogP contribution in [0, 0.1) is 6.92 Å². The number of anilines is 2. The van der Waals surface area contributed by atoms with Crippen LogP contribution in [0.4, 0.5) is 11.8 Å². The van der Waals surface area contributed by atoms with Crippen molar-refractivity contribution in [3.8, 4) is 0 Å². The summed E-state index contributed by atoms with van der Waals surface area (Å²) in [4.78, 5) is 9.85. The van der Waals surface area contributed by atoms with Crippen molar-refractivity contribution < 1.29 is 10.2 Å². The van der Waals surface area contributed by atoms with Crippen LogP contribution in [0.15, 0.2) is 0 Å². The molecule has 7 heteroatoms. The lowest BCUT2D eigenvalue weighted by Crippen LogP contribution is -2.47. The zero-order chi connectivity index (χ0) is 12.6. The summed E-state index contributed by atoms with van der Waals surface area (Å²) >= 11 is 6.12. The number of rotatable bonds is 1. The Hall–Kier alpha value is -1.11. The van der Waals surface area contributed by atoms with Crippen molar-refractivity contribution in [3.63, 3.8) is 0 Å². The van der Waals surface area contributed by atoms with Crippen LogP contribution < -0.4 is 10.6 Å². The second kappa shape index (κ2) is 4.64. The summed E-state index contributed by atoms with van der Waals surface area (Å²) in [7, 11) is 0. The van der Waals surface area contributed by atoms with Gasteiger partial charge in [-0.05, 0) is 13.3 Å². The third-order valence-electron chi connectivity index (χ3n) is 2.86. The molecule has 0 spiro atoms. The van der Waals surface area contributed by atoms with Crippen molar-refractivity contribution in [2.75, 3.05) is 23.7 Å². The molecule has 2 atom stereocenters. The Labute approximate surface area is 104 Å². The molecule has 1 aliphatic rings. The van der Waals surface area contributed by atoms with Crippen LogP contribution in [0.25, 0.3) is 0 Å². The van der Waals surface area contributed by atoms with E-state index < -0.39 is 12.2 Å². The zero-order valence-electron chi connectivity index (χ0n) is 9.47. The Morgan fingerprint density at radius 3 is 2.71 bits per heavy atom. The van der Waals surface area contributed by atoms with Crippen molar-refractivity contribution >= 4 is 23.4 Å². The van der Waals surface area contributed by atoms with Crippen LogP contribution in [-0.4, -0.2) is 45.5 Å². The SMILES string of the molecule is Cc1nc(N)nc(N2CC[C@H](O)[C@@H](O)C2)c1Cl. The van der Waals surface area contributed by atoms with Crippen molar-refractivity contribution in [3.05, 3.63) is 10.7 Å². The number of nitrogen functional groups attached to an aromatic ring is 1. The molecule has 1 aromatic heterocycles. The zero-order valence-corrected chi connectivity index (χ0v) is 10.2. The standard InChI is InChI=1S/C10H15ClN4O2/c1-5-8(11)9(14-10(12)13-5)15-3-2-6(16)7(17)4-15/h6-7,16-17H,2-4H2,1H3,(H2,12,13,14)/t6-,7-/m0/s1. The van der Waals surface area contributed by atoms with Gasteiger partial charge in [0.25, 0.3) is 0 Å². The number of halogens is 1. The monoisotopic (exact) mass is 258 g/mol. The summed E-state index contributed by atoms with van der Waals surface area (Å²) in [5.41, 5.74) is 6.18. The fourth-order valence-electron chi connectivity index (χ4n) is 1.89. The average Bonchev–Trinajstić information content (AvgIpc) is 2.27. The highest BCUT2D eigenvalue weighted by Crippen LogP contribution is 2.28. The number of nitrogens with two attached hydrogens (primary N) is 1. The second-order valence-corrected chi connectivity index (χ2v) is 4.55. The molecule has 4 N–H and O–H groups in total. The first-order chi connectivity index (χ1) is 7.99. The number of hydrogen-bond donors (Lipinski definition) is 3. The summed E-state index contributed by atoms with van der Waals surface area (Å²) in [6.07, 6.45) is -1.01. The molecule has 0 aromatic carbocycles. The van der Waals surface area contributed by atoms with Crippen LogP contribution in [0.5, 0.6) is 0 Å². The highest BCUT2D eigenvalue weighted by molar-refractivity contribution is 6.33. The predicted molar refractivity (Wildman–Crippen MR) is 65.0 cm³/mol.